The smallest absolute Gasteiger partial charge is 0.274 e. The molecule has 0 bridgehead atoms. The average Bonchev–Trinajstić information content (AvgIpc) is 2.75. The molecule has 0 aliphatic rings. The molecule has 0 aliphatic heterocycles. The van der Waals surface area contributed by atoms with E-state index < -0.39 is 15.9 Å². The molecule has 3 aromatic carbocycles. The van der Waals surface area contributed by atoms with E-state index in [1.54, 1.807) is 54.0 Å². The van der Waals surface area contributed by atoms with Crippen molar-refractivity contribution in [2.24, 2.45) is 0 Å². The van der Waals surface area contributed by atoms with E-state index >= 15 is 0 Å². The third kappa shape index (κ3) is 5.14. The zero-order valence-corrected chi connectivity index (χ0v) is 18.7. The van der Waals surface area contributed by atoms with Crippen LogP contribution >= 0.6 is 15.9 Å². The number of nitrogens with zero attached hydrogens (tertiary/aromatic N) is 1. The molecule has 30 heavy (non-hydrogen) atoms. The summed E-state index contributed by atoms with van der Waals surface area (Å²) in [6.45, 7) is 2.29. The summed E-state index contributed by atoms with van der Waals surface area (Å²) in [4.78, 5) is 11.7. The molecule has 0 radical (unpaired) electrons. The average molecular weight is 489 g/mol. The number of rotatable bonds is 7. The number of carbonyl (C=O) groups excluding carboxylic acids is 1. The molecule has 0 fully saturated rings. The fourth-order valence-corrected chi connectivity index (χ4v) is 4.66. The van der Waals surface area contributed by atoms with Gasteiger partial charge in [-0.15, -0.1) is 0 Å². The Kier molecular flexibility index (Phi) is 7.04. The lowest BCUT2D eigenvalue weighted by Gasteiger charge is -2.23. The number of carbonyl (C=O) groups is 1. The van der Waals surface area contributed by atoms with Gasteiger partial charge in [0.2, 0.25) is 10.0 Å². The van der Waals surface area contributed by atoms with E-state index in [0.717, 1.165) is 21.2 Å². The lowest BCUT2D eigenvalue weighted by Crippen LogP contribution is -2.30. The summed E-state index contributed by atoms with van der Waals surface area (Å²) in [7, 11) is -3.77. The Hall–Kier alpha value is -2.52. The van der Waals surface area contributed by atoms with E-state index in [-0.39, 0.29) is 23.5 Å². The highest BCUT2D eigenvalue weighted by Crippen LogP contribution is 2.24. The number of amides is 1. The molecule has 6 nitrogen and oxygen atoms in total. The Bertz CT molecular complexity index is 1130. The van der Waals surface area contributed by atoms with E-state index in [2.05, 4.69) is 15.9 Å². The predicted molar refractivity (Wildman–Crippen MR) is 117 cm³/mol. The van der Waals surface area contributed by atoms with Crippen LogP contribution in [0.1, 0.15) is 27.0 Å². The highest BCUT2D eigenvalue weighted by Gasteiger charge is 2.25. The first-order chi connectivity index (χ1) is 14.3. The second-order valence-electron chi connectivity index (χ2n) is 6.79. The first-order valence-corrected chi connectivity index (χ1v) is 11.4. The quantitative estimate of drug-likeness (QED) is 0.384. The summed E-state index contributed by atoms with van der Waals surface area (Å²) >= 11 is 3.33. The van der Waals surface area contributed by atoms with Gasteiger partial charge in [-0.3, -0.25) is 10.0 Å². The molecule has 0 unspecified atom stereocenters. The van der Waals surface area contributed by atoms with Crippen LogP contribution in [0.25, 0.3) is 0 Å². The molecule has 0 saturated carbocycles. The first kappa shape index (κ1) is 22.2. The summed E-state index contributed by atoms with van der Waals surface area (Å²) in [6, 6.07) is 20.6. The molecule has 2 N–H and O–H groups in total. The van der Waals surface area contributed by atoms with Gasteiger partial charge in [0.1, 0.15) is 0 Å². The van der Waals surface area contributed by atoms with Crippen molar-refractivity contribution in [1.82, 2.24) is 9.79 Å². The number of aryl methyl sites for hydroxylation is 1. The van der Waals surface area contributed by atoms with Gasteiger partial charge in [0.25, 0.3) is 5.91 Å². The molecule has 0 heterocycles. The van der Waals surface area contributed by atoms with Gasteiger partial charge in [-0.25, -0.2) is 13.9 Å². The maximum atomic E-state index is 13.4. The molecule has 0 aromatic heterocycles. The van der Waals surface area contributed by atoms with Crippen LogP contribution in [-0.2, 0) is 23.1 Å². The van der Waals surface area contributed by atoms with Crippen LogP contribution in [0.5, 0.6) is 0 Å². The highest BCUT2D eigenvalue weighted by atomic mass is 79.9. The van der Waals surface area contributed by atoms with Crippen molar-refractivity contribution in [3.8, 4) is 0 Å². The van der Waals surface area contributed by atoms with Gasteiger partial charge in [-0.1, -0.05) is 52.3 Å². The highest BCUT2D eigenvalue weighted by molar-refractivity contribution is 9.10. The molecule has 0 spiro atoms. The lowest BCUT2D eigenvalue weighted by atomic mass is 10.1. The maximum absolute atomic E-state index is 13.4. The number of nitrogens with one attached hydrogen (secondary N) is 1. The van der Waals surface area contributed by atoms with Crippen molar-refractivity contribution in [2.75, 3.05) is 0 Å². The molecule has 3 rings (SSSR count). The van der Waals surface area contributed by atoms with Crippen LogP contribution in [0.3, 0.4) is 0 Å². The van der Waals surface area contributed by atoms with Crippen LogP contribution in [0, 0.1) is 6.92 Å². The van der Waals surface area contributed by atoms with Crippen molar-refractivity contribution < 1.29 is 18.4 Å². The second kappa shape index (κ2) is 9.53. The fraction of sp³-hybridized carbons (Fsp3) is 0.136. The monoisotopic (exact) mass is 488 g/mol. The maximum Gasteiger partial charge on any atom is 0.274 e. The van der Waals surface area contributed by atoms with E-state index in [0.29, 0.717) is 0 Å². The standard InChI is InChI=1S/C22H21BrN2O4S/c1-16-4-2-3-5-19(16)15-25(30(28,29)21-12-10-20(23)11-13-21)14-17-6-8-18(9-7-17)22(26)24-27/h2-13,27H,14-15H2,1H3,(H,24,26). The van der Waals surface area contributed by atoms with Crippen LogP contribution in [-0.4, -0.2) is 23.8 Å². The van der Waals surface area contributed by atoms with Crippen LogP contribution in [0.4, 0.5) is 0 Å². The normalized spacial score (nSPS) is 11.5. The molecule has 0 aliphatic carbocycles. The topological polar surface area (TPSA) is 86.7 Å². The van der Waals surface area contributed by atoms with Gasteiger partial charge < -0.3 is 0 Å². The predicted octanol–water partition coefficient (Wildman–Crippen LogP) is 4.27. The van der Waals surface area contributed by atoms with E-state index in [9.17, 15) is 13.2 Å². The van der Waals surface area contributed by atoms with Gasteiger partial charge in [0.15, 0.2) is 0 Å². The lowest BCUT2D eigenvalue weighted by molar-refractivity contribution is 0.0706. The summed E-state index contributed by atoms with van der Waals surface area (Å²) in [5.41, 5.74) is 4.50. The summed E-state index contributed by atoms with van der Waals surface area (Å²) in [5.74, 6) is -0.624. The molecular formula is C22H21BrN2O4S. The number of benzene rings is 3. The zero-order chi connectivity index (χ0) is 21.7. The SMILES string of the molecule is Cc1ccccc1CN(Cc1ccc(C(=O)NO)cc1)S(=O)(=O)c1ccc(Br)cc1. The van der Waals surface area contributed by atoms with E-state index in [1.807, 2.05) is 31.2 Å². The Morgan fingerprint density at radius 3 is 2.20 bits per heavy atom. The third-order valence-electron chi connectivity index (χ3n) is 4.74. The van der Waals surface area contributed by atoms with E-state index in [1.165, 1.54) is 4.31 Å². The first-order valence-electron chi connectivity index (χ1n) is 9.15. The zero-order valence-electron chi connectivity index (χ0n) is 16.2. The van der Waals surface area contributed by atoms with Crippen molar-refractivity contribution in [2.45, 2.75) is 24.9 Å². The summed E-state index contributed by atoms with van der Waals surface area (Å²) in [6.07, 6.45) is 0. The Labute approximate surface area is 184 Å². The third-order valence-corrected chi connectivity index (χ3v) is 7.07. The second-order valence-corrected chi connectivity index (χ2v) is 9.64. The summed E-state index contributed by atoms with van der Waals surface area (Å²) < 4.78 is 29.0. The molecule has 1 amide bonds. The van der Waals surface area contributed by atoms with Crippen LogP contribution in [0.2, 0.25) is 0 Å². The van der Waals surface area contributed by atoms with Gasteiger partial charge in [0, 0.05) is 23.1 Å². The largest absolute Gasteiger partial charge is 0.288 e. The van der Waals surface area contributed by atoms with Gasteiger partial charge in [-0.05, 0) is 60.0 Å². The minimum absolute atomic E-state index is 0.133. The minimum atomic E-state index is -3.77. The van der Waals surface area contributed by atoms with Crippen molar-refractivity contribution >= 4 is 31.9 Å². The van der Waals surface area contributed by atoms with Gasteiger partial charge in [0.05, 0.1) is 4.90 Å². The molecule has 156 valence electrons. The Morgan fingerprint density at radius 2 is 1.60 bits per heavy atom. The number of hydrogen-bond donors (Lipinski definition) is 2. The van der Waals surface area contributed by atoms with Crippen molar-refractivity contribution in [3.05, 3.63) is 99.5 Å². The molecule has 0 atom stereocenters. The Balaban J connectivity index is 1.96. The van der Waals surface area contributed by atoms with Crippen molar-refractivity contribution in [3.63, 3.8) is 0 Å². The number of sulfonamides is 1. The Morgan fingerprint density at radius 1 is 0.967 bits per heavy atom. The molecule has 8 heteroatoms. The van der Waals surface area contributed by atoms with Crippen LogP contribution < -0.4 is 5.48 Å². The summed E-state index contributed by atoms with van der Waals surface area (Å²) in [5, 5.41) is 8.75. The number of hydroxylamine groups is 1. The van der Waals surface area contributed by atoms with Gasteiger partial charge in [-0.2, -0.15) is 4.31 Å². The molecule has 3 aromatic rings. The van der Waals surface area contributed by atoms with Crippen LogP contribution in [0.15, 0.2) is 82.2 Å². The molecule has 0 saturated heterocycles. The number of halogens is 1. The minimum Gasteiger partial charge on any atom is -0.288 e. The number of hydrogen-bond acceptors (Lipinski definition) is 4. The van der Waals surface area contributed by atoms with E-state index in [4.69, 9.17) is 5.21 Å². The van der Waals surface area contributed by atoms with Crippen molar-refractivity contribution in [1.29, 1.82) is 0 Å². The fourth-order valence-electron chi connectivity index (χ4n) is 2.99. The van der Waals surface area contributed by atoms with Gasteiger partial charge >= 0.3 is 0 Å². The molecular weight excluding hydrogens is 468 g/mol.